The van der Waals surface area contributed by atoms with Crippen LogP contribution in [-0.2, 0) is 4.79 Å². The minimum atomic E-state index is -1.33. The molecule has 0 heterocycles. The molecule has 0 rings (SSSR count). The SMILES string of the molecule is CCCN(C)CCC(N)(CCCCB(O)O)C(=O)O. The van der Waals surface area contributed by atoms with Gasteiger partial charge in [-0.1, -0.05) is 19.8 Å². The maximum Gasteiger partial charge on any atom is 0.451 e. The van der Waals surface area contributed by atoms with Crippen molar-refractivity contribution in [3.63, 3.8) is 0 Å². The molecular formula is C12H27BN2O4. The Labute approximate surface area is 115 Å². The summed E-state index contributed by atoms with van der Waals surface area (Å²) >= 11 is 0. The second-order valence-corrected chi connectivity index (χ2v) is 5.24. The molecule has 1 atom stereocenters. The van der Waals surface area contributed by atoms with Crippen LogP contribution in [0.4, 0.5) is 0 Å². The zero-order chi connectivity index (χ0) is 14.9. The third-order valence-corrected chi connectivity index (χ3v) is 3.31. The minimum Gasteiger partial charge on any atom is -0.480 e. The highest BCUT2D eigenvalue weighted by atomic mass is 16.4. The van der Waals surface area contributed by atoms with Crippen LogP contribution >= 0.6 is 0 Å². The minimum absolute atomic E-state index is 0.255. The Balaban J connectivity index is 4.15. The predicted octanol–water partition coefficient (Wildman–Crippen LogP) is 0.144. The first-order chi connectivity index (χ1) is 8.81. The van der Waals surface area contributed by atoms with E-state index in [9.17, 15) is 9.90 Å². The molecule has 0 saturated carbocycles. The van der Waals surface area contributed by atoms with Gasteiger partial charge in [0.1, 0.15) is 5.54 Å². The second kappa shape index (κ2) is 9.31. The van der Waals surface area contributed by atoms with Crippen LogP contribution in [-0.4, -0.2) is 58.8 Å². The maximum absolute atomic E-state index is 11.3. The van der Waals surface area contributed by atoms with E-state index in [0.29, 0.717) is 32.2 Å². The van der Waals surface area contributed by atoms with E-state index in [1.54, 1.807) is 0 Å². The summed E-state index contributed by atoms with van der Waals surface area (Å²) in [6.45, 7) is 3.65. The number of rotatable bonds is 11. The van der Waals surface area contributed by atoms with Gasteiger partial charge in [0, 0.05) is 6.54 Å². The van der Waals surface area contributed by atoms with Crippen LogP contribution in [0, 0.1) is 0 Å². The lowest BCUT2D eigenvalue weighted by Gasteiger charge is -2.27. The normalized spacial score (nSPS) is 14.4. The van der Waals surface area contributed by atoms with Crippen molar-refractivity contribution in [2.45, 2.75) is 50.9 Å². The first kappa shape index (κ1) is 18.4. The number of unbranched alkanes of at least 4 members (excludes halogenated alkanes) is 1. The highest BCUT2D eigenvalue weighted by Gasteiger charge is 2.33. The summed E-state index contributed by atoms with van der Waals surface area (Å²) < 4.78 is 0. The van der Waals surface area contributed by atoms with Gasteiger partial charge in [-0.2, -0.15) is 0 Å². The van der Waals surface area contributed by atoms with Crippen LogP contribution < -0.4 is 5.73 Å². The third-order valence-electron chi connectivity index (χ3n) is 3.31. The molecule has 0 aromatic rings. The summed E-state index contributed by atoms with van der Waals surface area (Å²) in [5, 5.41) is 26.7. The first-order valence-electron chi connectivity index (χ1n) is 6.88. The number of hydrogen-bond acceptors (Lipinski definition) is 5. The van der Waals surface area contributed by atoms with E-state index in [1.807, 2.05) is 7.05 Å². The fraction of sp³-hybridized carbons (Fsp3) is 0.917. The Kier molecular flexibility index (Phi) is 9.00. The van der Waals surface area contributed by atoms with E-state index in [2.05, 4.69) is 11.8 Å². The van der Waals surface area contributed by atoms with Crippen molar-refractivity contribution in [3.8, 4) is 0 Å². The molecule has 0 spiro atoms. The summed E-state index contributed by atoms with van der Waals surface area (Å²) in [5.41, 5.74) is 4.73. The van der Waals surface area contributed by atoms with Crippen molar-refractivity contribution in [1.82, 2.24) is 4.90 Å². The Hall–Kier alpha value is -0.625. The monoisotopic (exact) mass is 274 g/mol. The van der Waals surface area contributed by atoms with Crippen molar-refractivity contribution in [3.05, 3.63) is 0 Å². The average molecular weight is 274 g/mol. The quantitative estimate of drug-likeness (QED) is 0.315. The van der Waals surface area contributed by atoms with E-state index < -0.39 is 18.6 Å². The van der Waals surface area contributed by atoms with Crippen LogP contribution in [0.5, 0.6) is 0 Å². The lowest BCUT2D eigenvalue weighted by Crippen LogP contribution is -2.50. The van der Waals surface area contributed by atoms with Crippen LogP contribution in [0.3, 0.4) is 0 Å². The van der Waals surface area contributed by atoms with Crippen LogP contribution in [0.1, 0.15) is 39.0 Å². The van der Waals surface area contributed by atoms with E-state index in [-0.39, 0.29) is 6.32 Å². The number of carboxylic acid groups (broad SMARTS) is 1. The number of nitrogens with zero attached hydrogens (tertiary/aromatic N) is 1. The fourth-order valence-electron chi connectivity index (χ4n) is 1.99. The largest absolute Gasteiger partial charge is 0.480 e. The topological polar surface area (TPSA) is 107 Å². The van der Waals surface area contributed by atoms with Gasteiger partial charge < -0.3 is 25.8 Å². The Bertz CT molecular complexity index is 266. The molecule has 0 aliphatic carbocycles. The van der Waals surface area contributed by atoms with E-state index >= 15 is 0 Å². The summed E-state index contributed by atoms with van der Waals surface area (Å²) in [6.07, 6.45) is 3.18. The van der Waals surface area contributed by atoms with Crippen LogP contribution in [0.15, 0.2) is 0 Å². The molecule has 19 heavy (non-hydrogen) atoms. The lowest BCUT2D eigenvalue weighted by atomic mass is 9.81. The molecule has 0 aliphatic heterocycles. The van der Waals surface area contributed by atoms with Crippen LogP contribution in [0.25, 0.3) is 0 Å². The molecule has 7 heteroatoms. The summed E-state index contributed by atoms with van der Waals surface area (Å²) in [4.78, 5) is 13.3. The summed E-state index contributed by atoms with van der Waals surface area (Å²) in [7, 11) is 0.626. The molecular weight excluding hydrogens is 247 g/mol. The standard InChI is InChI=1S/C12H27BN2O4/c1-3-9-15(2)10-7-12(14,11(16)17)6-4-5-8-13(18)19/h18-19H,3-10,14H2,1-2H3,(H,16,17). The number of carboxylic acids is 1. The molecule has 0 radical (unpaired) electrons. The average Bonchev–Trinajstić information content (AvgIpc) is 2.32. The number of carbonyl (C=O) groups is 1. The highest BCUT2D eigenvalue weighted by Crippen LogP contribution is 2.18. The van der Waals surface area contributed by atoms with Gasteiger partial charge in [0.2, 0.25) is 0 Å². The molecule has 0 amide bonds. The van der Waals surface area contributed by atoms with Gasteiger partial charge in [-0.3, -0.25) is 4.79 Å². The van der Waals surface area contributed by atoms with Crippen molar-refractivity contribution in [2.75, 3.05) is 20.1 Å². The molecule has 0 aromatic carbocycles. The second-order valence-electron chi connectivity index (χ2n) is 5.24. The molecule has 0 saturated heterocycles. The Morgan fingerprint density at radius 1 is 1.26 bits per heavy atom. The Morgan fingerprint density at radius 3 is 2.37 bits per heavy atom. The van der Waals surface area contributed by atoms with Gasteiger partial charge in [0.25, 0.3) is 0 Å². The third kappa shape index (κ3) is 8.20. The van der Waals surface area contributed by atoms with Gasteiger partial charge >= 0.3 is 13.1 Å². The zero-order valence-electron chi connectivity index (χ0n) is 12.0. The first-order valence-corrected chi connectivity index (χ1v) is 6.88. The van der Waals surface area contributed by atoms with Gasteiger partial charge in [-0.15, -0.1) is 0 Å². The van der Waals surface area contributed by atoms with E-state index in [4.69, 9.17) is 15.8 Å². The number of aliphatic carboxylic acids is 1. The van der Waals surface area contributed by atoms with E-state index in [1.165, 1.54) is 0 Å². The molecule has 5 N–H and O–H groups in total. The van der Waals surface area contributed by atoms with Gasteiger partial charge in [-0.05, 0) is 39.2 Å². The van der Waals surface area contributed by atoms with Gasteiger partial charge in [0.05, 0.1) is 0 Å². The zero-order valence-corrected chi connectivity index (χ0v) is 12.0. The molecule has 6 nitrogen and oxygen atoms in total. The van der Waals surface area contributed by atoms with Crippen molar-refractivity contribution in [1.29, 1.82) is 0 Å². The van der Waals surface area contributed by atoms with Gasteiger partial charge in [-0.25, -0.2) is 0 Å². The smallest absolute Gasteiger partial charge is 0.451 e. The maximum atomic E-state index is 11.3. The molecule has 0 aliphatic rings. The fourth-order valence-corrected chi connectivity index (χ4v) is 1.99. The summed E-state index contributed by atoms with van der Waals surface area (Å²) in [6, 6.07) is 0. The molecule has 112 valence electrons. The van der Waals surface area contributed by atoms with Crippen molar-refractivity contribution < 1.29 is 19.9 Å². The number of hydrogen-bond donors (Lipinski definition) is 4. The van der Waals surface area contributed by atoms with Crippen molar-refractivity contribution >= 4 is 13.1 Å². The molecule has 0 fully saturated rings. The van der Waals surface area contributed by atoms with Gasteiger partial charge in [0.15, 0.2) is 0 Å². The summed E-state index contributed by atoms with van der Waals surface area (Å²) in [5.74, 6) is -0.984. The Morgan fingerprint density at radius 2 is 1.89 bits per heavy atom. The molecule has 1 unspecified atom stereocenters. The van der Waals surface area contributed by atoms with Crippen LogP contribution in [0.2, 0.25) is 6.32 Å². The molecule has 0 aromatic heterocycles. The highest BCUT2D eigenvalue weighted by molar-refractivity contribution is 6.40. The molecule has 0 bridgehead atoms. The van der Waals surface area contributed by atoms with E-state index in [0.717, 1.165) is 13.0 Å². The lowest BCUT2D eigenvalue weighted by molar-refractivity contribution is -0.144. The number of nitrogens with two attached hydrogens (primary N) is 1. The predicted molar refractivity (Wildman–Crippen MR) is 75.8 cm³/mol. The van der Waals surface area contributed by atoms with Crippen molar-refractivity contribution in [2.24, 2.45) is 5.73 Å².